The number of benzene rings is 1. The lowest BCUT2D eigenvalue weighted by molar-refractivity contribution is -0.163. The molecule has 1 N–H and O–H groups in total. The van der Waals surface area contributed by atoms with Gasteiger partial charge in [0.25, 0.3) is 0 Å². The van der Waals surface area contributed by atoms with Gasteiger partial charge < -0.3 is 9.47 Å². The maximum atomic E-state index is 14.2. The van der Waals surface area contributed by atoms with Crippen molar-refractivity contribution in [2.45, 2.75) is 45.1 Å². The molecule has 1 saturated heterocycles. The number of rotatable bonds is 2. The average molecular weight is 323 g/mol. The number of esters is 2. The van der Waals surface area contributed by atoms with Crippen LogP contribution in [0.1, 0.15) is 45.1 Å². The van der Waals surface area contributed by atoms with Crippen LogP contribution in [0.3, 0.4) is 0 Å². The second-order valence-corrected chi connectivity index (χ2v) is 6.31. The van der Waals surface area contributed by atoms with E-state index in [1.807, 2.05) is 0 Å². The molecule has 0 spiro atoms. The Balaban J connectivity index is 2.10. The summed E-state index contributed by atoms with van der Waals surface area (Å²) in [6, 6.07) is 4.06. The molecule has 1 aromatic carbocycles. The number of amides is 1. The largest absolute Gasteiger partial charge is 0.444 e. The summed E-state index contributed by atoms with van der Waals surface area (Å²) in [7, 11) is 0. The highest BCUT2D eigenvalue weighted by Crippen LogP contribution is 2.31. The van der Waals surface area contributed by atoms with Gasteiger partial charge in [-0.05, 0) is 38.5 Å². The topological polar surface area (TPSA) is 81.7 Å². The zero-order valence-electron chi connectivity index (χ0n) is 13.1. The van der Waals surface area contributed by atoms with E-state index >= 15 is 0 Å². The molecule has 0 atom stereocenters. The number of ether oxygens (including phenoxy) is 2. The Bertz CT molecular complexity index is 634. The second kappa shape index (κ2) is 6.36. The minimum atomic E-state index is -0.693. The fourth-order valence-corrected chi connectivity index (χ4v) is 2.26. The standard InChI is InChI=1S/C16H18FNO5/c1-16(2,3)23-15(21)18-10-4-5-11(12(17)8-10)9-6-13(19)22-14(20)7-9/h4-5,8-9H,6-7H2,1-3H3,(H,18,21). The van der Waals surface area contributed by atoms with Crippen molar-refractivity contribution < 1.29 is 28.2 Å². The Hall–Kier alpha value is -2.44. The quantitative estimate of drug-likeness (QED) is 0.668. The van der Waals surface area contributed by atoms with Gasteiger partial charge in [-0.3, -0.25) is 14.9 Å². The van der Waals surface area contributed by atoms with Crippen LogP contribution in [0, 0.1) is 5.82 Å². The van der Waals surface area contributed by atoms with Crippen LogP contribution in [0.2, 0.25) is 0 Å². The molecule has 6 nitrogen and oxygen atoms in total. The summed E-state index contributed by atoms with van der Waals surface area (Å²) in [5, 5.41) is 2.43. The molecule has 0 saturated carbocycles. The van der Waals surface area contributed by atoms with Crippen LogP contribution in [0.5, 0.6) is 0 Å². The summed E-state index contributed by atoms with van der Waals surface area (Å²) >= 11 is 0. The number of anilines is 1. The molecule has 124 valence electrons. The highest BCUT2D eigenvalue weighted by Gasteiger charge is 2.30. The SMILES string of the molecule is CC(C)(C)OC(=O)Nc1ccc(C2CC(=O)OC(=O)C2)c(F)c1. The molecule has 1 heterocycles. The monoisotopic (exact) mass is 323 g/mol. The molecule has 1 aromatic rings. The lowest BCUT2D eigenvalue weighted by Crippen LogP contribution is -2.27. The molecule has 1 amide bonds. The smallest absolute Gasteiger partial charge is 0.412 e. The molecule has 1 fully saturated rings. The zero-order valence-corrected chi connectivity index (χ0v) is 13.1. The Morgan fingerprint density at radius 1 is 1.26 bits per heavy atom. The summed E-state index contributed by atoms with van der Waals surface area (Å²) in [4.78, 5) is 34.2. The molecular formula is C16H18FNO5. The van der Waals surface area contributed by atoms with E-state index in [1.165, 1.54) is 12.1 Å². The molecule has 1 aliphatic rings. The summed E-state index contributed by atoms with van der Waals surface area (Å²) in [5.74, 6) is -2.49. The van der Waals surface area contributed by atoms with Gasteiger partial charge >= 0.3 is 18.0 Å². The third-order valence-corrected chi connectivity index (χ3v) is 3.14. The highest BCUT2D eigenvalue weighted by atomic mass is 19.1. The normalized spacial score (nSPS) is 16.0. The molecule has 1 aliphatic heterocycles. The molecule has 0 bridgehead atoms. The van der Waals surface area contributed by atoms with Crippen molar-refractivity contribution in [1.29, 1.82) is 0 Å². The second-order valence-electron chi connectivity index (χ2n) is 6.31. The fraction of sp³-hybridized carbons (Fsp3) is 0.438. The van der Waals surface area contributed by atoms with Gasteiger partial charge in [0.1, 0.15) is 11.4 Å². The van der Waals surface area contributed by atoms with Gasteiger partial charge in [-0.15, -0.1) is 0 Å². The lowest BCUT2D eigenvalue weighted by Gasteiger charge is -2.21. The van der Waals surface area contributed by atoms with Gasteiger partial charge in [-0.1, -0.05) is 6.07 Å². The van der Waals surface area contributed by atoms with Gasteiger partial charge in [0, 0.05) is 11.6 Å². The van der Waals surface area contributed by atoms with E-state index in [0.29, 0.717) is 0 Å². The first-order chi connectivity index (χ1) is 10.6. The summed E-state index contributed by atoms with van der Waals surface area (Å²) in [5.41, 5.74) is -0.194. The van der Waals surface area contributed by atoms with Crippen molar-refractivity contribution in [1.82, 2.24) is 0 Å². The van der Waals surface area contributed by atoms with Gasteiger partial charge in [-0.2, -0.15) is 0 Å². The third-order valence-electron chi connectivity index (χ3n) is 3.14. The van der Waals surface area contributed by atoms with Crippen LogP contribution in [-0.4, -0.2) is 23.6 Å². The molecule has 0 aromatic heterocycles. The lowest BCUT2D eigenvalue weighted by atomic mass is 9.90. The van der Waals surface area contributed by atoms with E-state index in [-0.39, 0.29) is 24.1 Å². The zero-order chi connectivity index (χ0) is 17.2. The Morgan fingerprint density at radius 2 is 1.87 bits per heavy atom. The van der Waals surface area contributed by atoms with Crippen LogP contribution >= 0.6 is 0 Å². The van der Waals surface area contributed by atoms with Crippen LogP contribution in [0.4, 0.5) is 14.9 Å². The Labute approximate surface area is 133 Å². The van der Waals surface area contributed by atoms with Crippen molar-refractivity contribution in [3.8, 4) is 0 Å². The molecule has 0 unspecified atom stereocenters. The molecule has 0 aliphatic carbocycles. The number of hydrogen-bond donors (Lipinski definition) is 1. The van der Waals surface area contributed by atoms with E-state index in [2.05, 4.69) is 10.1 Å². The third kappa shape index (κ3) is 4.77. The molecular weight excluding hydrogens is 305 g/mol. The van der Waals surface area contributed by atoms with E-state index in [9.17, 15) is 18.8 Å². The van der Waals surface area contributed by atoms with Crippen LogP contribution in [0.25, 0.3) is 0 Å². The van der Waals surface area contributed by atoms with Gasteiger partial charge in [0.15, 0.2) is 0 Å². The first kappa shape index (κ1) is 16.9. The molecule has 0 radical (unpaired) electrons. The van der Waals surface area contributed by atoms with Crippen molar-refractivity contribution in [2.75, 3.05) is 5.32 Å². The molecule has 23 heavy (non-hydrogen) atoms. The van der Waals surface area contributed by atoms with Crippen LogP contribution in [0.15, 0.2) is 18.2 Å². The highest BCUT2D eigenvalue weighted by molar-refractivity contribution is 5.89. The number of carbonyl (C=O) groups is 3. The van der Waals surface area contributed by atoms with Crippen molar-refractivity contribution in [3.05, 3.63) is 29.6 Å². The van der Waals surface area contributed by atoms with E-state index in [1.54, 1.807) is 20.8 Å². The first-order valence-corrected chi connectivity index (χ1v) is 7.17. The van der Waals surface area contributed by atoms with Gasteiger partial charge in [0.2, 0.25) is 0 Å². The molecule has 2 rings (SSSR count). The average Bonchev–Trinajstić information content (AvgIpc) is 2.34. The van der Waals surface area contributed by atoms with E-state index in [0.717, 1.165) is 6.07 Å². The number of nitrogens with one attached hydrogen (secondary N) is 1. The van der Waals surface area contributed by atoms with E-state index in [4.69, 9.17) is 4.74 Å². The van der Waals surface area contributed by atoms with Gasteiger partial charge in [0.05, 0.1) is 12.8 Å². The predicted octanol–water partition coefficient (Wildman–Crippen LogP) is 3.12. The number of halogens is 1. The number of carbonyl (C=O) groups excluding carboxylic acids is 3. The fourth-order valence-electron chi connectivity index (χ4n) is 2.26. The summed E-state index contributed by atoms with van der Waals surface area (Å²) in [6.45, 7) is 5.15. The van der Waals surface area contributed by atoms with Crippen molar-refractivity contribution in [2.24, 2.45) is 0 Å². The maximum Gasteiger partial charge on any atom is 0.412 e. The Morgan fingerprint density at radius 3 is 2.39 bits per heavy atom. The van der Waals surface area contributed by atoms with Crippen LogP contribution < -0.4 is 5.32 Å². The number of hydrogen-bond acceptors (Lipinski definition) is 5. The minimum absolute atomic E-state index is 0.0541. The first-order valence-electron chi connectivity index (χ1n) is 7.17. The maximum absolute atomic E-state index is 14.2. The van der Waals surface area contributed by atoms with Crippen LogP contribution in [-0.2, 0) is 19.1 Å². The van der Waals surface area contributed by atoms with Gasteiger partial charge in [-0.25, -0.2) is 9.18 Å². The number of cyclic esters (lactones) is 2. The Kier molecular flexibility index (Phi) is 4.68. The predicted molar refractivity (Wildman–Crippen MR) is 79.3 cm³/mol. The van der Waals surface area contributed by atoms with E-state index < -0.39 is 35.4 Å². The van der Waals surface area contributed by atoms with Crippen molar-refractivity contribution >= 4 is 23.7 Å². The minimum Gasteiger partial charge on any atom is -0.444 e. The summed E-state index contributed by atoms with van der Waals surface area (Å²) < 4.78 is 23.7. The summed E-state index contributed by atoms with van der Waals surface area (Å²) in [6.07, 6.45) is -0.802. The molecule has 7 heteroatoms. The van der Waals surface area contributed by atoms with Crippen molar-refractivity contribution in [3.63, 3.8) is 0 Å².